The van der Waals surface area contributed by atoms with Gasteiger partial charge in [-0.25, -0.2) is 22.6 Å². The minimum absolute atomic E-state index is 0.00340. The lowest BCUT2D eigenvalue weighted by atomic mass is 9.91. The minimum Gasteiger partial charge on any atom is -0.501 e. The first-order valence-electron chi connectivity index (χ1n) is 10.6. The molecule has 13 heteroatoms. The Morgan fingerprint density at radius 2 is 2.00 bits per heavy atom. The third kappa shape index (κ3) is 4.97. The molecule has 2 aromatic rings. The van der Waals surface area contributed by atoms with Crippen molar-refractivity contribution in [1.82, 2.24) is 14.3 Å². The highest BCUT2D eigenvalue weighted by molar-refractivity contribution is 7.89. The molecule has 34 heavy (non-hydrogen) atoms. The lowest BCUT2D eigenvalue weighted by molar-refractivity contribution is -0.0960. The summed E-state index contributed by atoms with van der Waals surface area (Å²) in [5, 5.41) is 19.3. The molecule has 3 rings (SSSR count). The maximum atomic E-state index is 13.7. The topological polar surface area (TPSA) is 159 Å². The Labute approximate surface area is 195 Å². The molecule has 1 aromatic carbocycles. The van der Waals surface area contributed by atoms with E-state index in [0.29, 0.717) is 5.56 Å². The summed E-state index contributed by atoms with van der Waals surface area (Å²) in [6.45, 7) is 2.42. The average Bonchev–Trinajstić information content (AvgIpc) is 2.81. The monoisotopic (exact) mass is 499 g/mol. The van der Waals surface area contributed by atoms with Crippen LogP contribution in [0, 0.1) is 12.7 Å². The molecule has 0 saturated carbocycles. The third-order valence-electron chi connectivity index (χ3n) is 5.56. The van der Waals surface area contributed by atoms with E-state index in [0.717, 1.165) is 6.07 Å². The Hall–Kier alpha value is -2.87. The van der Waals surface area contributed by atoms with Crippen molar-refractivity contribution in [2.45, 2.75) is 37.2 Å². The number of aliphatic hydroxyl groups is 1. The van der Waals surface area contributed by atoms with Gasteiger partial charge < -0.3 is 24.7 Å². The summed E-state index contributed by atoms with van der Waals surface area (Å²) >= 11 is 0. The molecule has 0 bridgehead atoms. The number of halogens is 1. The van der Waals surface area contributed by atoms with Crippen LogP contribution in [0.3, 0.4) is 0 Å². The molecule has 0 amide bonds. The third-order valence-corrected chi connectivity index (χ3v) is 7.60. The molecule has 1 saturated heterocycles. The number of nitrogens with one attached hydrogen (secondary N) is 1. The molecule has 1 fully saturated rings. The number of sulfonamides is 1. The Bertz CT molecular complexity index is 1220. The number of benzene rings is 1. The van der Waals surface area contributed by atoms with Crippen LogP contribution in [0.2, 0.25) is 0 Å². The highest BCUT2D eigenvalue weighted by Crippen LogP contribution is 2.37. The molecule has 0 spiro atoms. The van der Waals surface area contributed by atoms with Crippen LogP contribution in [0.25, 0.3) is 0 Å². The van der Waals surface area contributed by atoms with E-state index in [4.69, 9.17) is 9.47 Å². The zero-order chi connectivity index (χ0) is 25.1. The van der Waals surface area contributed by atoms with Crippen molar-refractivity contribution in [3.8, 4) is 5.75 Å². The number of aromatic nitrogens is 2. The van der Waals surface area contributed by atoms with Gasteiger partial charge in [-0.1, -0.05) is 6.07 Å². The van der Waals surface area contributed by atoms with Crippen molar-refractivity contribution in [2.24, 2.45) is 0 Å². The van der Waals surface area contributed by atoms with E-state index >= 15 is 0 Å². The van der Waals surface area contributed by atoms with Gasteiger partial charge in [0.25, 0.3) is 5.56 Å². The van der Waals surface area contributed by atoms with Crippen LogP contribution in [-0.2, 0) is 25.1 Å². The van der Waals surface area contributed by atoms with Gasteiger partial charge in [0, 0.05) is 13.1 Å². The summed E-state index contributed by atoms with van der Waals surface area (Å²) in [5.74, 6) is -2.71. The van der Waals surface area contributed by atoms with Gasteiger partial charge in [-0.3, -0.25) is 4.79 Å². The number of H-pyrrole nitrogens is 1. The normalized spacial score (nSPS) is 16.4. The lowest BCUT2D eigenvalue weighted by Crippen LogP contribution is -2.48. The number of carbonyl (C=O) groups excluding carboxylic acids is 1. The molecular formula is C21H26FN3O8S. The number of esters is 1. The zero-order valence-electron chi connectivity index (χ0n) is 18.7. The predicted octanol–water partition coefficient (Wildman–Crippen LogP) is 0.789. The van der Waals surface area contributed by atoms with Gasteiger partial charge in [0.2, 0.25) is 15.8 Å². The summed E-state index contributed by atoms with van der Waals surface area (Å²) in [4.78, 5) is 30.8. The number of aryl methyl sites for hydroxylation is 1. The van der Waals surface area contributed by atoms with Crippen molar-refractivity contribution in [1.29, 1.82) is 0 Å². The summed E-state index contributed by atoms with van der Waals surface area (Å²) in [5.41, 5.74) is -2.57. The number of carbonyl (C=O) groups is 1. The predicted molar refractivity (Wildman–Crippen MR) is 116 cm³/mol. The first-order valence-corrected chi connectivity index (χ1v) is 12.0. The summed E-state index contributed by atoms with van der Waals surface area (Å²) in [6.07, 6.45) is -0.00680. The molecule has 0 radical (unpaired) electrons. The highest BCUT2D eigenvalue weighted by atomic mass is 32.2. The molecule has 0 unspecified atom stereocenters. The van der Waals surface area contributed by atoms with Crippen LogP contribution in [-0.4, -0.2) is 71.8 Å². The highest BCUT2D eigenvalue weighted by Gasteiger charge is 2.43. The number of rotatable bonds is 8. The van der Waals surface area contributed by atoms with Crippen LogP contribution >= 0.6 is 0 Å². The van der Waals surface area contributed by atoms with Crippen molar-refractivity contribution in [3.63, 3.8) is 0 Å². The van der Waals surface area contributed by atoms with Gasteiger partial charge in [-0.15, -0.1) is 0 Å². The van der Waals surface area contributed by atoms with Gasteiger partial charge >= 0.3 is 5.97 Å². The van der Waals surface area contributed by atoms with Gasteiger partial charge in [0.1, 0.15) is 17.2 Å². The second kappa shape index (κ2) is 10.2. The fourth-order valence-electron chi connectivity index (χ4n) is 3.79. The Balaban J connectivity index is 1.97. The molecule has 0 aliphatic carbocycles. The second-order valence-electron chi connectivity index (χ2n) is 7.71. The first-order chi connectivity index (χ1) is 16.1. The smallest absolute Gasteiger partial charge is 0.361 e. The number of hydrogen-bond donors (Lipinski definition) is 3. The van der Waals surface area contributed by atoms with Gasteiger partial charge in [-0.05, 0) is 44.4 Å². The van der Waals surface area contributed by atoms with Crippen LogP contribution in [0.4, 0.5) is 4.39 Å². The number of aromatic hydroxyl groups is 1. The van der Waals surface area contributed by atoms with Gasteiger partial charge in [0.05, 0.1) is 24.7 Å². The fourth-order valence-corrected chi connectivity index (χ4v) is 5.47. The van der Waals surface area contributed by atoms with Gasteiger partial charge in [-0.2, -0.15) is 4.31 Å². The molecule has 1 aliphatic heterocycles. The van der Waals surface area contributed by atoms with E-state index in [2.05, 4.69) is 9.97 Å². The van der Waals surface area contributed by atoms with Crippen LogP contribution in [0.5, 0.6) is 5.75 Å². The Kier molecular flexibility index (Phi) is 7.70. The second-order valence-corrected chi connectivity index (χ2v) is 9.62. The Morgan fingerprint density at radius 1 is 1.32 bits per heavy atom. The van der Waals surface area contributed by atoms with Crippen LogP contribution < -0.4 is 5.56 Å². The number of ether oxygens (including phenoxy) is 2. The number of aliphatic hydroxyl groups excluding tert-OH is 1. The maximum absolute atomic E-state index is 13.7. The molecule has 11 nitrogen and oxygen atoms in total. The number of piperidine rings is 1. The lowest BCUT2D eigenvalue weighted by Gasteiger charge is -2.40. The molecule has 186 valence electrons. The molecular weight excluding hydrogens is 473 g/mol. The molecule has 2 heterocycles. The van der Waals surface area contributed by atoms with Gasteiger partial charge in [0.15, 0.2) is 5.69 Å². The van der Waals surface area contributed by atoms with Crippen molar-refractivity contribution in [2.75, 3.05) is 32.9 Å². The molecule has 3 N–H and O–H groups in total. The van der Waals surface area contributed by atoms with Crippen LogP contribution in [0.15, 0.2) is 27.9 Å². The fraction of sp³-hybridized carbons (Fsp3) is 0.476. The van der Waals surface area contributed by atoms with E-state index < -0.39 is 44.4 Å². The van der Waals surface area contributed by atoms with E-state index in [1.54, 1.807) is 13.8 Å². The SMILES string of the molecule is CCOC(=O)c1nc(C2(OCCO)CCN(S(=O)(=O)c3cc(F)ccc3C)CC2)[nH]c(=O)c1O. The summed E-state index contributed by atoms with van der Waals surface area (Å²) in [6, 6.07) is 3.51. The van der Waals surface area contributed by atoms with Crippen LogP contribution in [0.1, 0.15) is 41.6 Å². The van der Waals surface area contributed by atoms with E-state index in [-0.39, 0.29) is 56.5 Å². The van der Waals surface area contributed by atoms with E-state index in [1.807, 2.05) is 0 Å². The standard InChI is InChI=1S/C21H26FN3O8S/c1-3-32-19(29)16-17(27)18(28)24-20(23-16)21(33-11-10-26)6-8-25(9-7-21)34(30,31)15-12-14(22)5-4-13(15)2/h4-5,12,26-27H,3,6-11H2,1-2H3,(H,23,24,28). The van der Waals surface area contributed by atoms with Crippen molar-refractivity contribution in [3.05, 3.63) is 51.5 Å². The zero-order valence-corrected chi connectivity index (χ0v) is 19.5. The van der Waals surface area contributed by atoms with Crippen molar-refractivity contribution >= 4 is 16.0 Å². The quantitative estimate of drug-likeness (QED) is 0.446. The number of aromatic amines is 1. The summed E-state index contributed by atoms with van der Waals surface area (Å²) in [7, 11) is -4.03. The molecule has 1 aliphatic rings. The first kappa shape index (κ1) is 25.7. The van der Waals surface area contributed by atoms with Crippen molar-refractivity contribution < 1.29 is 37.3 Å². The van der Waals surface area contributed by atoms with E-state index in [1.165, 1.54) is 16.4 Å². The molecule has 1 aromatic heterocycles. The average molecular weight is 500 g/mol. The Morgan fingerprint density at radius 3 is 2.62 bits per heavy atom. The van der Waals surface area contributed by atoms with E-state index in [9.17, 15) is 32.6 Å². The molecule has 0 atom stereocenters. The largest absolute Gasteiger partial charge is 0.501 e. The number of hydrogen-bond acceptors (Lipinski definition) is 9. The number of nitrogens with zero attached hydrogens (tertiary/aromatic N) is 2. The maximum Gasteiger partial charge on any atom is 0.361 e. The summed E-state index contributed by atoms with van der Waals surface area (Å²) < 4.78 is 51.8. The minimum atomic E-state index is -4.03.